The second-order valence-corrected chi connectivity index (χ2v) is 8.15. The van der Waals surface area contributed by atoms with Gasteiger partial charge in [-0.2, -0.15) is 8.78 Å². The SMILES string of the molecule is Cc1noc(C)c1CC(=O)N1CCN(CC(=O)Nc2ccc(SC(F)F)cc2)CC1. The van der Waals surface area contributed by atoms with Crippen molar-refractivity contribution < 1.29 is 22.9 Å². The molecule has 1 aliphatic heterocycles. The van der Waals surface area contributed by atoms with Crippen molar-refractivity contribution in [1.82, 2.24) is 15.0 Å². The number of benzene rings is 1. The van der Waals surface area contributed by atoms with Crippen molar-refractivity contribution in [2.75, 3.05) is 38.0 Å². The van der Waals surface area contributed by atoms with E-state index in [-0.39, 0.29) is 24.8 Å². The van der Waals surface area contributed by atoms with Crippen molar-refractivity contribution in [3.8, 4) is 0 Å². The number of carbonyl (C=O) groups is 2. The normalized spacial score (nSPS) is 14.9. The first-order valence-electron chi connectivity index (χ1n) is 9.58. The van der Waals surface area contributed by atoms with Gasteiger partial charge in [-0.1, -0.05) is 16.9 Å². The third-order valence-electron chi connectivity index (χ3n) is 4.96. The van der Waals surface area contributed by atoms with Crippen molar-refractivity contribution in [2.45, 2.75) is 30.9 Å². The van der Waals surface area contributed by atoms with E-state index in [1.54, 1.807) is 36.1 Å². The highest BCUT2D eigenvalue weighted by atomic mass is 32.2. The predicted octanol–water partition coefficient (Wildman–Crippen LogP) is 2.93. The molecule has 30 heavy (non-hydrogen) atoms. The number of nitrogens with one attached hydrogen (secondary N) is 1. The summed E-state index contributed by atoms with van der Waals surface area (Å²) in [5.41, 5.74) is 2.13. The zero-order chi connectivity index (χ0) is 21.7. The van der Waals surface area contributed by atoms with Gasteiger partial charge in [0.25, 0.3) is 5.76 Å². The van der Waals surface area contributed by atoms with Gasteiger partial charge in [0.15, 0.2) is 0 Å². The van der Waals surface area contributed by atoms with Gasteiger partial charge in [-0.3, -0.25) is 14.5 Å². The Labute approximate surface area is 177 Å². The maximum absolute atomic E-state index is 12.5. The number of hydrogen-bond donors (Lipinski definition) is 1. The second kappa shape index (κ2) is 10.0. The Kier molecular flexibility index (Phi) is 7.43. The number of rotatable bonds is 7. The quantitative estimate of drug-likeness (QED) is 0.670. The number of halogens is 2. The minimum absolute atomic E-state index is 0.0234. The smallest absolute Gasteiger partial charge is 0.288 e. The molecule has 0 saturated carbocycles. The zero-order valence-electron chi connectivity index (χ0n) is 16.9. The van der Waals surface area contributed by atoms with Crippen LogP contribution in [0.4, 0.5) is 14.5 Å². The number of piperazine rings is 1. The molecule has 2 heterocycles. The van der Waals surface area contributed by atoms with E-state index in [1.165, 1.54) is 0 Å². The number of anilines is 1. The number of aryl methyl sites for hydroxylation is 2. The maximum atomic E-state index is 12.5. The Morgan fingerprint density at radius 1 is 1.17 bits per heavy atom. The van der Waals surface area contributed by atoms with Crippen LogP contribution in [0.5, 0.6) is 0 Å². The monoisotopic (exact) mass is 438 g/mol. The van der Waals surface area contributed by atoms with Crippen molar-refractivity contribution in [3.05, 3.63) is 41.3 Å². The van der Waals surface area contributed by atoms with Crippen LogP contribution in [-0.2, 0) is 16.0 Å². The van der Waals surface area contributed by atoms with Crippen molar-refractivity contribution in [3.63, 3.8) is 0 Å². The molecule has 1 saturated heterocycles. The highest BCUT2D eigenvalue weighted by molar-refractivity contribution is 7.99. The Morgan fingerprint density at radius 3 is 2.40 bits per heavy atom. The summed E-state index contributed by atoms with van der Waals surface area (Å²) in [4.78, 5) is 29.0. The summed E-state index contributed by atoms with van der Waals surface area (Å²) < 4.78 is 29.8. The van der Waals surface area contributed by atoms with E-state index in [0.29, 0.717) is 54.3 Å². The van der Waals surface area contributed by atoms with E-state index in [2.05, 4.69) is 10.5 Å². The topological polar surface area (TPSA) is 78.7 Å². The maximum Gasteiger partial charge on any atom is 0.288 e. The highest BCUT2D eigenvalue weighted by Crippen LogP contribution is 2.26. The lowest BCUT2D eigenvalue weighted by Crippen LogP contribution is -2.50. The van der Waals surface area contributed by atoms with Gasteiger partial charge in [0.1, 0.15) is 5.76 Å². The Hall–Kier alpha value is -2.46. The summed E-state index contributed by atoms with van der Waals surface area (Å²) in [6, 6.07) is 6.31. The molecule has 2 aromatic rings. The minimum atomic E-state index is -2.47. The van der Waals surface area contributed by atoms with Crippen LogP contribution in [0.1, 0.15) is 17.0 Å². The van der Waals surface area contributed by atoms with Crippen LogP contribution in [0, 0.1) is 13.8 Å². The molecule has 162 valence electrons. The van der Waals surface area contributed by atoms with Crippen LogP contribution >= 0.6 is 11.8 Å². The predicted molar refractivity (Wildman–Crippen MR) is 110 cm³/mol. The molecule has 1 aliphatic rings. The average Bonchev–Trinajstić information content (AvgIpc) is 3.01. The van der Waals surface area contributed by atoms with Crippen LogP contribution in [-0.4, -0.2) is 65.3 Å². The van der Waals surface area contributed by atoms with E-state index in [0.717, 1.165) is 11.3 Å². The fraction of sp³-hybridized carbons (Fsp3) is 0.450. The molecule has 10 heteroatoms. The molecule has 0 unspecified atom stereocenters. The molecule has 1 aromatic carbocycles. The number of carbonyl (C=O) groups excluding carboxylic acids is 2. The van der Waals surface area contributed by atoms with Crippen molar-refractivity contribution in [1.29, 1.82) is 0 Å². The van der Waals surface area contributed by atoms with Crippen molar-refractivity contribution >= 4 is 29.3 Å². The van der Waals surface area contributed by atoms with Crippen molar-refractivity contribution in [2.24, 2.45) is 0 Å². The van der Waals surface area contributed by atoms with E-state index in [9.17, 15) is 18.4 Å². The summed E-state index contributed by atoms with van der Waals surface area (Å²) in [7, 11) is 0. The van der Waals surface area contributed by atoms with Crippen LogP contribution in [0.15, 0.2) is 33.7 Å². The van der Waals surface area contributed by atoms with Gasteiger partial charge in [-0.25, -0.2) is 0 Å². The first-order chi connectivity index (χ1) is 14.3. The fourth-order valence-electron chi connectivity index (χ4n) is 3.30. The minimum Gasteiger partial charge on any atom is -0.361 e. The van der Waals surface area contributed by atoms with Crippen LogP contribution in [0.2, 0.25) is 0 Å². The Balaban J connectivity index is 1.43. The summed E-state index contributed by atoms with van der Waals surface area (Å²) >= 11 is 0.464. The number of thioether (sulfide) groups is 1. The molecule has 0 atom stereocenters. The molecular formula is C20H24F2N4O3S. The van der Waals surface area contributed by atoms with Gasteiger partial charge >= 0.3 is 0 Å². The van der Waals surface area contributed by atoms with Gasteiger partial charge in [-0.05, 0) is 38.1 Å². The van der Waals surface area contributed by atoms with Crippen LogP contribution < -0.4 is 5.32 Å². The van der Waals surface area contributed by atoms with Crippen LogP contribution in [0.25, 0.3) is 0 Å². The van der Waals surface area contributed by atoms with E-state index in [4.69, 9.17) is 4.52 Å². The molecule has 2 amide bonds. The number of aromatic nitrogens is 1. The van der Waals surface area contributed by atoms with Gasteiger partial charge in [0.05, 0.1) is 18.7 Å². The fourth-order valence-corrected chi connectivity index (χ4v) is 3.79. The standard InChI is InChI=1S/C20H24F2N4O3S/c1-13-17(14(2)29-24-13)11-19(28)26-9-7-25(8-10-26)12-18(27)23-15-3-5-16(6-4-15)30-20(21)22/h3-6,20H,7-12H2,1-2H3,(H,23,27). The molecule has 1 N–H and O–H groups in total. The second-order valence-electron chi connectivity index (χ2n) is 7.09. The average molecular weight is 439 g/mol. The third kappa shape index (κ3) is 6.02. The number of nitrogens with zero attached hydrogens (tertiary/aromatic N) is 3. The van der Waals surface area contributed by atoms with Gasteiger partial charge < -0.3 is 14.7 Å². The number of hydrogen-bond acceptors (Lipinski definition) is 6. The number of amides is 2. The third-order valence-corrected chi connectivity index (χ3v) is 5.69. The van der Waals surface area contributed by atoms with Gasteiger partial charge in [0.2, 0.25) is 11.8 Å². The van der Waals surface area contributed by atoms with Gasteiger partial charge in [-0.15, -0.1) is 0 Å². The lowest BCUT2D eigenvalue weighted by atomic mass is 10.1. The summed E-state index contributed by atoms with van der Waals surface area (Å²) in [5.74, 6) is -1.97. The molecule has 1 fully saturated rings. The lowest BCUT2D eigenvalue weighted by molar-refractivity contribution is -0.132. The Bertz CT molecular complexity index is 861. The molecule has 3 rings (SSSR count). The molecule has 0 bridgehead atoms. The molecule has 0 radical (unpaired) electrons. The van der Waals surface area contributed by atoms with Crippen LogP contribution in [0.3, 0.4) is 0 Å². The first-order valence-corrected chi connectivity index (χ1v) is 10.5. The molecule has 0 spiro atoms. The summed E-state index contributed by atoms with van der Waals surface area (Å²) in [6.45, 7) is 6.13. The zero-order valence-corrected chi connectivity index (χ0v) is 17.7. The van der Waals surface area contributed by atoms with Gasteiger partial charge in [0, 0.05) is 42.3 Å². The molecule has 7 nitrogen and oxygen atoms in total. The summed E-state index contributed by atoms with van der Waals surface area (Å²) in [5, 5.41) is 6.65. The summed E-state index contributed by atoms with van der Waals surface area (Å²) in [6.07, 6.45) is 0.265. The largest absolute Gasteiger partial charge is 0.361 e. The Morgan fingerprint density at radius 2 is 1.83 bits per heavy atom. The van der Waals surface area contributed by atoms with E-state index >= 15 is 0 Å². The van der Waals surface area contributed by atoms with E-state index < -0.39 is 5.76 Å². The molecular weight excluding hydrogens is 414 g/mol. The highest BCUT2D eigenvalue weighted by Gasteiger charge is 2.24. The molecule has 1 aromatic heterocycles. The number of alkyl halides is 2. The first kappa shape index (κ1) is 22.2. The lowest BCUT2D eigenvalue weighted by Gasteiger charge is -2.34. The van der Waals surface area contributed by atoms with E-state index in [1.807, 2.05) is 11.8 Å². The molecule has 0 aliphatic carbocycles.